The van der Waals surface area contributed by atoms with E-state index >= 15 is 0 Å². The molecule has 0 bridgehead atoms. The highest BCUT2D eigenvalue weighted by Crippen LogP contribution is 2.23. The van der Waals surface area contributed by atoms with Gasteiger partial charge in [-0.15, -0.1) is 0 Å². The fourth-order valence-electron chi connectivity index (χ4n) is 2.43. The molecule has 0 radical (unpaired) electrons. The molecule has 1 amide bonds. The van der Waals surface area contributed by atoms with Crippen molar-refractivity contribution in [3.05, 3.63) is 92.9 Å². The summed E-state index contributed by atoms with van der Waals surface area (Å²) in [5.74, 6) is 0.0115. The predicted molar refractivity (Wildman–Crippen MR) is 119 cm³/mol. The zero-order valence-corrected chi connectivity index (χ0v) is 18.1. The Bertz CT molecular complexity index is 1080. The highest BCUT2D eigenvalue weighted by Gasteiger charge is 2.12. The lowest BCUT2D eigenvalue weighted by molar-refractivity contribution is 0.0734. The number of nitrogens with one attached hydrogen (secondary N) is 1. The Labute approximate surface area is 186 Å². The van der Waals surface area contributed by atoms with Crippen LogP contribution in [0, 0.1) is 0 Å². The van der Waals surface area contributed by atoms with Gasteiger partial charge in [0.1, 0.15) is 11.5 Å². The molecule has 8 heteroatoms. The molecule has 0 atom stereocenters. The number of nitrogens with zero attached hydrogens (tertiary/aromatic N) is 1. The molecule has 3 aromatic rings. The van der Waals surface area contributed by atoms with Gasteiger partial charge >= 0.3 is 5.97 Å². The number of halogens is 2. The fourth-order valence-corrected chi connectivity index (χ4v) is 2.93. The third-order valence-electron chi connectivity index (χ3n) is 3.98. The quantitative estimate of drug-likeness (QED) is 0.227. The van der Waals surface area contributed by atoms with E-state index in [0.29, 0.717) is 33.2 Å². The summed E-state index contributed by atoms with van der Waals surface area (Å²) < 4.78 is 11.3. The monoisotopic (exact) mass is 486 g/mol. The number of hydrazone groups is 1. The summed E-state index contributed by atoms with van der Waals surface area (Å²) in [5.41, 5.74) is 3.72. The number of rotatable bonds is 6. The minimum atomic E-state index is -0.528. The first-order chi connectivity index (χ1) is 14.5. The minimum absolute atomic E-state index is 0.295. The number of carbonyl (C=O) groups is 2. The van der Waals surface area contributed by atoms with Crippen LogP contribution in [0.2, 0.25) is 5.02 Å². The molecule has 30 heavy (non-hydrogen) atoms. The van der Waals surface area contributed by atoms with Crippen molar-refractivity contribution in [2.45, 2.75) is 0 Å². The molecule has 0 aliphatic heterocycles. The minimum Gasteiger partial charge on any atom is -0.497 e. The number of hydrogen-bond acceptors (Lipinski definition) is 5. The zero-order chi connectivity index (χ0) is 21.5. The largest absolute Gasteiger partial charge is 0.497 e. The summed E-state index contributed by atoms with van der Waals surface area (Å²) in [6.07, 6.45) is 1.40. The van der Waals surface area contributed by atoms with Crippen LogP contribution in [-0.4, -0.2) is 25.2 Å². The standard InChI is InChI=1S/C22H16BrClN2O4/c1-29-19-9-4-15(5-10-19)22(28)30-20-11-6-17(23)12-16(20)13-25-26-21(27)14-2-7-18(24)8-3-14/h2-13H,1H3,(H,26,27)/b25-13+. The van der Waals surface area contributed by atoms with Crippen molar-refractivity contribution in [3.8, 4) is 11.5 Å². The van der Waals surface area contributed by atoms with E-state index in [9.17, 15) is 9.59 Å². The number of carbonyl (C=O) groups excluding carboxylic acids is 2. The first kappa shape index (κ1) is 21.5. The van der Waals surface area contributed by atoms with Gasteiger partial charge in [-0.25, -0.2) is 10.2 Å². The maximum absolute atomic E-state index is 12.4. The summed E-state index contributed by atoms with van der Waals surface area (Å²) >= 11 is 9.19. The van der Waals surface area contributed by atoms with Gasteiger partial charge in [0, 0.05) is 20.6 Å². The van der Waals surface area contributed by atoms with Crippen molar-refractivity contribution < 1.29 is 19.1 Å². The second-order valence-electron chi connectivity index (χ2n) is 6.01. The SMILES string of the molecule is COc1ccc(C(=O)Oc2ccc(Br)cc2/C=N/NC(=O)c2ccc(Cl)cc2)cc1. The summed E-state index contributed by atoms with van der Waals surface area (Å²) in [6, 6.07) is 18.1. The number of benzene rings is 3. The number of methoxy groups -OCH3 is 1. The molecule has 1 N–H and O–H groups in total. The molecule has 0 fully saturated rings. The van der Waals surface area contributed by atoms with Crippen LogP contribution in [-0.2, 0) is 0 Å². The Morgan fingerprint density at radius 1 is 1.00 bits per heavy atom. The average molecular weight is 488 g/mol. The number of amides is 1. The second kappa shape index (κ2) is 10.0. The van der Waals surface area contributed by atoms with E-state index in [1.807, 2.05) is 0 Å². The molecular formula is C22H16BrClN2O4. The van der Waals surface area contributed by atoms with Crippen LogP contribution < -0.4 is 14.9 Å². The molecule has 6 nitrogen and oxygen atoms in total. The molecule has 152 valence electrons. The van der Waals surface area contributed by atoms with E-state index in [0.717, 1.165) is 4.47 Å². The van der Waals surface area contributed by atoms with E-state index < -0.39 is 11.9 Å². The third-order valence-corrected chi connectivity index (χ3v) is 4.72. The lowest BCUT2D eigenvalue weighted by Crippen LogP contribution is -2.17. The second-order valence-corrected chi connectivity index (χ2v) is 7.36. The molecule has 0 heterocycles. The van der Waals surface area contributed by atoms with Gasteiger partial charge in [-0.3, -0.25) is 4.79 Å². The molecular weight excluding hydrogens is 472 g/mol. The van der Waals surface area contributed by atoms with Gasteiger partial charge < -0.3 is 9.47 Å². The maximum atomic E-state index is 12.4. The van der Waals surface area contributed by atoms with E-state index in [4.69, 9.17) is 21.1 Å². The molecule has 0 aliphatic carbocycles. The molecule has 0 spiro atoms. The van der Waals surface area contributed by atoms with Gasteiger partial charge in [0.25, 0.3) is 5.91 Å². The molecule has 0 saturated carbocycles. The highest BCUT2D eigenvalue weighted by atomic mass is 79.9. The van der Waals surface area contributed by atoms with Crippen LogP contribution in [0.25, 0.3) is 0 Å². The Hall–Kier alpha value is -3.16. The van der Waals surface area contributed by atoms with Crippen molar-refractivity contribution >= 4 is 45.6 Å². The van der Waals surface area contributed by atoms with Crippen molar-refractivity contribution in [2.75, 3.05) is 7.11 Å². The molecule has 0 unspecified atom stereocenters. The van der Waals surface area contributed by atoms with Gasteiger partial charge in [-0.1, -0.05) is 27.5 Å². The first-order valence-corrected chi connectivity index (χ1v) is 9.88. The Kier molecular flexibility index (Phi) is 7.21. The Balaban J connectivity index is 1.72. The molecule has 0 saturated heterocycles. The first-order valence-electron chi connectivity index (χ1n) is 8.71. The van der Waals surface area contributed by atoms with Crippen LogP contribution in [0.5, 0.6) is 11.5 Å². The normalized spacial score (nSPS) is 10.6. The van der Waals surface area contributed by atoms with Crippen LogP contribution in [0.1, 0.15) is 26.3 Å². The van der Waals surface area contributed by atoms with Gasteiger partial charge in [0.05, 0.1) is 18.9 Å². The maximum Gasteiger partial charge on any atom is 0.343 e. The van der Waals surface area contributed by atoms with Crippen LogP contribution >= 0.6 is 27.5 Å². The number of ether oxygens (including phenoxy) is 2. The van der Waals surface area contributed by atoms with E-state index in [1.54, 1.807) is 73.8 Å². The van der Waals surface area contributed by atoms with Crippen molar-refractivity contribution in [1.82, 2.24) is 5.43 Å². The topological polar surface area (TPSA) is 77.0 Å². The lowest BCUT2D eigenvalue weighted by Gasteiger charge is -2.08. The van der Waals surface area contributed by atoms with Gasteiger partial charge in [-0.05, 0) is 66.7 Å². The van der Waals surface area contributed by atoms with Crippen molar-refractivity contribution in [1.29, 1.82) is 0 Å². The summed E-state index contributed by atoms with van der Waals surface area (Å²) in [7, 11) is 1.55. The third kappa shape index (κ3) is 5.68. The molecule has 3 rings (SSSR count). The molecule has 0 aliphatic rings. The number of hydrogen-bond donors (Lipinski definition) is 1. The summed E-state index contributed by atoms with van der Waals surface area (Å²) in [4.78, 5) is 24.6. The van der Waals surface area contributed by atoms with Crippen molar-refractivity contribution in [2.24, 2.45) is 5.10 Å². The lowest BCUT2D eigenvalue weighted by atomic mass is 10.2. The highest BCUT2D eigenvalue weighted by molar-refractivity contribution is 9.10. The van der Waals surface area contributed by atoms with E-state index in [-0.39, 0.29) is 0 Å². The van der Waals surface area contributed by atoms with Crippen LogP contribution in [0.4, 0.5) is 0 Å². The van der Waals surface area contributed by atoms with Crippen LogP contribution in [0.15, 0.2) is 76.3 Å². The zero-order valence-electron chi connectivity index (χ0n) is 15.8. The van der Waals surface area contributed by atoms with Crippen LogP contribution in [0.3, 0.4) is 0 Å². The summed E-state index contributed by atoms with van der Waals surface area (Å²) in [5, 5.41) is 4.49. The smallest absolute Gasteiger partial charge is 0.343 e. The fraction of sp³-hybridized carbons (Fsp3) is 0.0455. The Morgan fingerprint density at radius 2 is 1.67 bits per heavy atom. The summed E-state index contributed by atoms with van der Waals surface area (Å²) in [6.45, 7) is 0. The molecule has 3 aromatic carbocycles. The number of esters is 1. The Morgan fingerprint density at radius 3 is 2.33 bits per heavy atom. The van der Waals surface area contributed by atoms with Gasteiger partial charge in [0.2, 0.25) is 0 Å². The predicted octanol–water partition coefficient (Wildman–Crippen LogP) is 5.09. The average Bonchev–Trinajstić information content (AvgIpc) is 2.76. The van der Waals surface area contributed by atoms with E-state index in [1.165, 1.54) is 6.21 Å². The molecule has 0 aromatic heterocycles. The van der Waals surface area contributed by atoms with Crippen molar-refractivity contribution in [3.63, 3.8) is 0 Å². The van der Waals surface area contributed by atoms with E-state index in [2.05, 4.69) is 26.5 Å². The van der Waals surface area contributed by atoms with Gasteiger partial charge in [-0.2, -0.15) is 5.10 Å². The van der Waals surface area contributed by atoms with Gasteiger partial charge in [0.15, 0.2) is 0 Å².